The molecular formula is C20H23F3N4O5S. The van der Waals surface area contributed by atoms with Gasteiger partial charge in [-0.2, -0.15) is 17.5 Å². The van der Waals surface area contributed by atoms with E-state index in [-0.39, 0.29) is 36.6 Å². The number of piperidine rings is 1. The van der Waals surface area contributed by atoms with Crippen LogP contribution in [-0.4, -0.2) is 53.8 Å². The molecule has 0 radical (unpaired) electrons. The summed E-state index contributed by atoms with van der Waals surface area (Å²) in [4.78, 5) is 28.3. The first kappa shape index (κ1) is 24.7. The Bertz CT molecular complexity index is 1100. The summed E-state index contributed by atoms with van der Waals surface area (Å²) in [5, 5.41) is 2.30. The van der Waals surface area contributed by atoms with Crippen molar-refractivity contribution in [2.45, 2.75) is 31.0 Å². The quantitative estimate of drug-likeness (QED) is 0.625. The molecule has 1 aliphatic heterocycles. The molecule has 9 nitrogen and oxygen atoms in total. The maximum absolute atomic E-state index is 12.7. The fraction of sp³-hybridized carbons (Fsp3) is 0.450. The van der Waals surface area contributed by atoms with E-state index in [9.17, 15) is 31.2 Å². The highest BCUT2D eigenvalue weighted by Gasteiger charge is 2.34. The van der Waals surface area contributed by atoms with Crippen LogP contribution in [0.15, 0.2) is 35.5 Å². The van der Waals surface area contributed by atoms with Crippen molar-refractivity contribution < 1.29 is 35.9 Å². The number of ether oxygens (including phenoxy) is 1. The lowest BCUT2D eigenvalue weighted by Gasteiger charge is -2.29. The molecule has 1 amide bonds. The largest absolute Gasteiger partial charge is 0.455 e. The Morgan fingerprint density at radius 1 is 1.18 bits per heavy atom. The minimum absolute atomic E-state index is 0.0523. The average molecular weight is 488 g/mol. The van der Waals surface area contributed by atoms with Gasteiger partial charge in [0, 0.05) is 32.0 Å². The Hall–Kier alpha value is -2.93. The number of sulfonamides is 1. The van der Waals surface area contributed by atoms with Crippen LogP contribution in [0.5, 0.6) is 0 Å². The van der Waals surface area contributed by atoms with Crippen molar-refractivity contribution in [3.8, 4) is 0 Å². The number of esters is 1. The van der Waals surface area contributed by atoms with Crippen molar-refractivity contribution in [2.75, 3.05) is 25.0 Å². The minimum Gasteiger partial charge on any atom is -0.455 e. The summed E-state index contributed by atoms with van der Waals surface area (Å²) < 4.78 is 71.0. The number of imidazole rings is 1. The predicted molar refractivity (Wildman–Crippen MR) is 110 cm³/mol. The van der Waals surface area contributed by atoms with Crippen molar-refractivity contribution in [1.29, 1.82) is 0 Å². The molecule has 2 heterocycles. The van der Waals surface area contributed by atoms with Crippen molar-refractivity contribution in [3.63, 3.8) is 0 Å². The Labute approximate surface area is 188 Å². The molecule has 1 aliphatic rings. The van der Waals surface area contributed by atoms with Gasteiger partial charge in [0.25, 0.3) is 15.9 Å². The summed E-state index contributed by atoms with van der Waals surface area (Å²) in [5.41, 5.74) is -0.717. The molecule has 0 saturated carbocycles. The zero-order chi connectivity index (χ0) is 24.4. The molecule has 1 aromatic heterocycles. The summed E-state index contributed by atoms with van der Waals surface area (Å²) in [6, 6.07) is 3.86. The van der Waals surface area contributed by atoms with E-state index in [4.69, 9.17) is 4.74 Å². The molecule has 1 N–H and O–H groups in total. The van der Waals surface area contributed by atoms with Crippen LogP contribution < -0.4 is 5.32 Å². The van der Waals surface area contributed by atoms with Gasteiger partial charge in [0.05, 0.1) is 11.5 Å². The van der Waals surface area contributed by atoms with E-state index in [1.54, 1.807) is 18.5 Å². The molecule has 0 unspecified atom stereocenters. The minimum atomic E-state index is -4.48. The summed E-state index contributed by atoms with van der Waals surface area (Å²) >= 11 is 0. The first-order valence-electron chi connectivity index (χ1n) is 10.0. The second kappa shape index (κ2) is 9.51. The van der Waals surface area contributed by atoms with Crippen LogP contribution >= 0.6 is 0 Å². The molecule has 1 fully saturated rings. The summed E-state index contributed by atoms with van der Waals surface area (Å²) in [6.07, 6.45) is -2.60. The van der Waals surface area contributed by atoms with Crippen molar-refractivity contribution in [1.82, 2.24) is 13.9 Å². The molecule has 0 spiro atoms. The summed E-state index contributed by atoms with van der Waals surface area (Å²) in [7, 11) is -2.08. The molecule has 180 valence electrons. The number of benzene rings is 1. The number of nitrogens with one attached hydrogen (secondary N) is 1. The van der Waals surface area contributed by atoms with Crippen LogP contribution in [0.2, 0.25) is 0 Å². The van der Waals surface area contributed by atoms with E-state index >= 15 is 0 Å². The van der Waals surface area contributed by atoms with Crippen molar-refractivity contribution in [2.24, 2.45) is 13.0 Å². The Balaban J connectivity index is 1.47. The topological polar surface area (TPSA) is 111 Å². The normalized spacial score (nSPS) is 15.9. The van der Waals surface area contributed by atoms with Gasteiger partial charge in [-0.1, -0.05) is 0 Å². The Morgan fingerprint density at radius 2 is 1.79 bits per heavy atom. The lowest BCUT2D eigenvalue weighted by atomic mass is 9.98. The van der Waals surface area contributed by atoms with Crippen LogP contribution in [0.4, 0.5) is 18.9 Å². The standard InChI is InChI=1S/C20H23F3N4O5S/c1-13-24-18(11-26(13)2)33(30,31)27-9-7-14(8-10-27)19(29)32-12-17(28)25-16-5-3-15(4-6-16)20(21,22)23/h3-6,11,14H,7-10,12H2,1-2H3,(H,25,28). The second-order valence-corrected chi connectivity index (χ2v) is 9.53. The molecule has 0 atom stereocenters. The zero-order valence-corrected chi connectivity index (χ0v) is 18.7. The van der Waals surface area contributed by atoms with E-state index < -0.39 is 46.2 Å². The van der Waals surface area contributed by atoms with Crippen molar-refractivity contribution >= 4 is 27.6 Å². The second-order valence-electron chi connectivity index (χ2n) is 7.65. The SMILES string of the molecule is Cc1nc(S(=O)(=O)N2CCC(C(=O)OCC(=O)Nc3ccc(C(F)(F)F)cc3)CC2)cn1C. The smallest absolute Gasteiger partial charge is 0.416 e. The van der Waals surface area contributed by atoms with Crippen LogP contribution in [-0.2, 0) is 37.6 Å². The molecule has 1 aromatic carbocycles. The van der Waals surface area contributed by atoms with Gasteiger partial charge in [-0.25, -0.2) is 13.4 Å². The van der Waals surface area contributed by atoms with Gasteiger partial charge in [-0.3, -0.25) is 9.59 Å². The third-order valence-electron chi connectivity index (χ3n) is 5.32. The van der Waals surface area contributed by atoms with Crippen LogP contribution in [0.3, 0.4) is 0 Å². The number of aryl methyl sites for hydroxylation is 2. The van der Waals surface area contributed by atoms with Gasteiger partial charge in [0.2, 0.25) is 0 Å². The van der Waals surface area contributed by atoms with E-state index in [0.29, 0.717) is 5.82 Å². The van der Waals surface area contributed by atoms with E-state index in [0.717, 1.165) is 24.3 Å². The van der Waals surface area contributed by atoms with Crippen LogP contribution in [0.1, 0.15) is 24.2 Å². The number of halogens is 3. The van der Waals surface area contributed by atoms with Gasteiger partial charge in [0.1, 0.15) is 5.82 Å². The third-order valence-corrected chi connectivity index (χ3v) is 7.09. The Morgan fingerprint density at radius 3 is 2.30 bits per heavy atom. The maximum Gasteiger partial charge on any atom is 0.416 e. The number of nitrogens with zero attached hydrogens (tertiary/aromatic N) is 3. The monoisotopic (exact) mass is 488 g/mol. The number of alkyl halides is 3. The number of carbonyl (C=O) groups excluding carboxylic acids is 2. The fourth-order valence-corrected chi connectivity index (χ4v) is 4.80. The van der Waals surface area contributed by atoms with Crippen LogP contribution in [0.25, 0.3) is 0 Å². The molecule has 13 heteroatoms. The van der Waals surface area contributed by atoms with Gasteiger partial charge in [0.15, 0.2) is 11.6 Å². The number of aromatic nitrogens is 2. The average Bonchev–Trinajstić information content (AvgIpc) is 3.11. The molecule has 0 bridgehead atoms. The number of hydrogen-bond donors (Lipinski definition) is 1. The first-order valence-corrected chi connectivity index (χ1v) is 11.5. The lowest BCUT2D eigenvalue weighted by molar-refractivity contribution is -0.152. The van der Waals surface area contributed by atoms with Crippen molar-refractivity contribution in [3.05, 3.63) is 41.9 Å². The lowest BCUT2D eigenvalue weighted by Crippen LogP contribution is -2.41. The molecule has 3 rings (SSSR count). The predicted octanol–water partition coefficient (Wildman–Crippen LogP) is 2.33. The highest BCUT2D eigenvalue weighted by atomic mass is 32.2. The summed E-state index contributed by atoms with van der Waals surface area (Å²) in [6.45, 7) is 1.30. The number of amides is 1. The zero-order valence-electron chi connectivity index (χ0n) is 17.9. The van der Waals surface area contributed by atoms with E-state index in [1.165, 1.54) is 10.5 Å². The van der Waals surface area contributed by atoms with Gasteiger partial charge in [-0.15, -0.1) is 0 Å². The van der Waals surface area contributed by atoms with E-state index in [1.807, 2.05) is 0 Å². The van der Waals surface area contributed by atoms with Gasteiger partial charge >= 0.3 is 12.1 Å². The highest BCUT2D eigenvalue weighted by molar-refractivity contribution is 7.89. The highest BCUT2D eigenvalue weighted by Crippen LogP contribution is 2.30. The van der Waals surface area contributed by atoms with Gasteiger partial charge < -0.3 is 14.6 Å². The molecule has 0 aliphatic carbocycles. The third kappa shape index (κ3) is 5.90. The number of anilines is 1. The fourth-order valence-electron chi connectivity index (χ4n) is 3.31. The van der Waals surface area contributed by atoms with E-state index in [2.05, 4.69) is 10.3 Å². The number of hydrogen-bond acceptors (Lipinski definition) is 6. The molecule has 33 heavy (non-hydrogen) atoms. The summed E-state index contributed by atoms with van der Waals surface area (Å²) in [5.74, 6) is -1.35. The first-order chi connectivity index (χ1) is 15.4. The van der Waals surface area contributed by atoms with Gasteiger partial charge in [-0.05, 0) is 44.0 Å². The molecular weight excluding hydrogens is 465 g/mol. The van der Waals surface area contributed by atoms with Crippen LogP contribution in [0, 0.1) is 12.8 Å². The maximum atomic E-state index is 12.7. The molecule has 2 aromatic rings. The number of carbonyl (C=O) groups is 2. The molecule has 1 saturated heterocycles. The number of rotatable bonds is 6. The Kier molecular flexibility index (Phi) is 7.12.